The third kappa shape index (κ3) is 2.89. The molecule has 2 rings (SSSR count). The fraction of sp³-hybridized carbons (Fsp3) is 0.429. The van der Waals surface area contributed by atoms with E-state index in [0.29, 0.717) is 22.6 Å². The van der Waals surface area contributed by atoms with Gasteiger partial charge in [-0.05, 0) is 13.3 Å². The molecule has 0 aliphatic rings. The molecule has 1 N–H and O–H groups in total. The van der Waals surface area contributed by atoms with Crippen LogP contribution in [0.2, 0.25) is 5.02 Å². The van der Waals surface area contributed by atoms with Crippen LogP contribution < -0.4 is 5.56 Å². The Balaban J connectivity index is 0.000000861. The van der Waals surface area contributed by atoms with Crippen molar-refractivity contribution in [2.24, 2.45) is 0 Å². The minimum atomic E-state index is -0.172. The molecule has 5 heteroatoms. The first-order chi connectivity index (χ1) is 9.06. The molecule has 0 saturated heterocycles. The summed E-state index contributed by atoms with van der Waals surface area (Å²) in [7, 11) is 0. The minimum Gasteiger partial charge on any atom is -0.504 e. The van der Waals surface area contributed by atoms with Crippen LogP contribution in [-0.2, 0) is 6.42 Å². The van der Waals surface area contributed by atoms with E-state index in [9.17, 15) is 9.90 Å². The molecule has 0 bridgehead atoms. The number of aromatic hydroxyl groups is 1. The Bertz CT molecular complexity index is 635. The number of pyridine rings is 1. The van der Waals surface area contributed by atoms with Crippen molar-refractivity contribution in [3.8, 4) is 5.75 Å². The van der Waals surface area contributed by atoms with Crippen molar-refractivity contribution in [3.63, 3.8) is 0 Å². The number of halogens is 1. The molecule has 2 aromatic rings. The van der Waals surface area contributed by atoms with Gasteiger partial charge in [0.1, 0.15) is 0 Å². The van der Waals surface area contributed by atoms with Crippen LogP contribution in [0.5, 0.6) is 5.75 Å². The molecule has 2 heterocycles. The fourth-order valence-corrected chi connectivity index (χ4v) is 1.92. The van der Waals surface area contributed by atoms with Crippen molar-refractivity contribution in [2.45, 2.75) is 40.5 Å². The Morgan fingerprint density at radius 1 is 1.42 bits per heavy atom. The van der Waals surface area contributed by atoms with Crippen molar-refractivity contribution in [1.82, 2.24) is 9.38 Å². The van der Waals surface area contributed by atoms with Crippen LogP contribution in [-0.4, -0.2) is 14.5 Å². The van der Waals surface area contributed by atoms with Crippen LogP contribution in [0.15, 0.2) is 17.2 Å². The summed E-state index contributed by atoms with van der Waals surface area (Å²) in [6.07, 6.45) is 4.56. The zero-order valence-electron chi connectivity index (χ0n) is 11.7. The predicted octanol–water partition coefficient (Wildman–Crippen LogP) is 3.34. The van der Waals surface area contributed by atoms with Gasteiger partial charge in [0.25, 0.3) is 5.56 Å². The molecule has 0 aromatic carbocycles. The summed E-state index contributed by atoms with van der Waals surface area (Å²) < 4.78 is 1.30. The molecule has 0 aliphatic heterocycles. The van der Waals surface area contributed by atoms with Gasteiger partial charge in [0.05, 0.1) is 5.02 Å². The zero-order valence-corrected chi connectivity index (χ0v) is 12.5. The highest BCUT2D eigenvalue weighted by atomic mass is 35.5. The molecular weight excluding hydrogens is 264 g/mol. The summed E-state index contributed by atoms with van der Waals surface area (Å²) in [5, 5.41) is 10.2. The lowest BCUT2D eigenvalue weighted by molar-refractivity contribution is 0.472. The van der Waals surface area contributed by atoms with Crippen LogP contribution in [0.25, 0.3) is 5.65 Å². The highest BCUT2D eigenvalue weighted by Crippen LogP contribution is 2.27. The number of hydrogen-bond acceptors (Lipinski definition) is 3. The van der Waals surface area contributed by atoms with E-state index >= 15 is 0 Å². The maximum absolute atomic E-state index is 12.1. The predicted molar refractivity (Wildman–Crippen MR) is 78.2 cm³/mol. The van der Waals surface area contributed by atoms with Crippen molar-refractivity contribution >= 4 is 17.2 Å². The molecule has 0 amide bonds. The number of hydrogen-bond donors (Lipinski definition) is 1. The van der Waals surface area contributed by atoms with Gasteiger partial charge in [-0.15, -0.1) is 0 Å². The highest BCUT2D eigenvalue weighted by Gasteiger charge is 2.12. The second-order valence-electron chi connectivity index (χ2n) is 3.98. The number of aromatic nitrogens is 2. The molecule has 0 fully saturated rings. The van der Waals surface area contributed by atoms with Crippen LogP contribution in [0.1, 0.15) is 38.3 Å². The minimum absolute atomic E-state index is 0.0438. The van der Waals surface area contributed by atoms with Crippen LogP contribution in [0.3, 0.4) is 0 Å². The van der Waals surface area contributed by atoms with Gasteiger partial charge in [0.15, 0.2) is 11.4 Å². The molecule has 0 radical (unpaired) electrons. The van der Waals surface area contributed by atoms with E-state index in [2.05, 4.69) is 4.98 Å². The van der Waals surface area contributed by atoms with Gasteiger partial charge in [-0.2, -0.15) is 0 Å². The molecule has 104 valence electrons. The Morgan fingerprint density at radius 3 is 2.63 bits per heavy atom. The Labute approximate surface area is 117 Å². The summed E-state index contributed by atoms with van der Waals surface area (Å²) in [5.41, 5.74) is 1.23. The van der Waals surface area contributed by atoms with Crippen LogP contribution in [0.4, 0.5) is 0 Å². The Kier molecular flexibility index (Phi) is 5.36. The Morgan fingerprint density at radius 2 is 2.05 bits per heavy atom. The van der Waals surface area contributed by atoms with Gasteiger partial charge in [-0.3, -0.25) is 9.20 Å². The fourth-order valence-electron chi connectivity index (χ4n) is 1.73. The summed E-state index contributed by atoms with van der Waals surface area (Å²) in [6.45, 7) is 7.68. The molecule has 2 aromatic heterocycles. The maximum atomic E-state index is 12.1. The Hall–Kier alpha value is -1.55. The van der Waals surface area contributed by atoms with Gasteiger partial charge in [0.2, 0.25) is 0 Å². The van der Waals surface area contributed by atoms with Gasteiger partial charge < -0.3 is 5.11 Å². The van der Waals surface area contributed by atoms with E-state index in [1.165, 1.54) is 16.8 Å². The lowest BCUT2D eigenvalue weighted by Crippen LogP contribution is -2.19. The number of aryl methyl sites for hydroxylation is 1. The summed E-state index contributed by atoms with van der Waals surface area (Å²) in [4.78, 5) is 16.2. The second-order valence-corrected chi connectivity index (χ2v) is 4.39. The molecule has 0 atom stereocenters. The van der Waals surface area contributed by atoms with E-state index < -0.39 is 0 Å². The highest BCUT2D eigenvalue weighted by molar-refractivity contribution is 6.31. The van der Waals surface area contributed by atoms with Crippen LogP contribution >= 0.6 is 11.6 Å². The SMILES string of the molecule is CC.CCCc1cnc2c(O)c(C)c(Cl)cn2c1=O. The lowest BCUT2D eigenvalue weighted by atomic mass is 10.2. The van der Waals surface area contributed by atoms with Crippen molar-refractivity contribution < 1.29 is 5.11 Å². The van der Waals surface area contributed by atoms with E-state index in [0.717, 1.165) is 6.42 Å². The summed E-state index contributed by atoms with van der Waals surface area (Å²) >= 11 is 5.95. The van der Waals surface area contributed by atoms with E-state index in [1.807, 2.05) is 20.8 Å². The van der Waals surface area contributed by atoms with Crippen molar-refractivity contribution in [1.29, 1.82) is 0 Å². The van der Waals surface area contributed by atoms with Crippen LogP contribution in [0, 0.1) is 6.92 Å². The van der Waals surface area contributed by atoms with E-state index in [-0.39, 0.29) is 17.0 Å². The van der Waals surface area contributed by atoms with E-state index in [4.69, 9.17) is 11.6 Å². The standard InChI is InChI=1S/C12H13ClN2O2.C2H6/c1-3-4-8-5-14-11-10(16)7(2)9(13)6-15(11)12(8)17;1-2/h5-6,16H,3-4H2,1-2H3;1-2H3. The molecular formula is C14H19ClN2O2. The van der Waals surface area contributed by atoms with Crippen molar-refractivity contribution in [2.75, 3.05) is 0 Å². The molecule has 19 heavy (non-hydrogen) atoms. The first kappa shape index (κ1) is 15.5. The first-order valence-corrected chi connectivity index (χ1v) is 6.82. The van der Waals surface area contributed by atoms with Gasteiger partial charge in [-0.1, -0.05) is 38.8 Å². The third-order valence-corrected chi connectivity index (χ3v) is 3.13. The number of nitrogens with zero attached hydrogens (tertiary/aromatic N) is 2. The quantitative estimate of drug-likeness (QED) is 0.919. The first-order valence-electron chi connectivity index (χ1n) is 6.44. The van der Waals surface area contributed by atoms with Gasteiger partial charge in [0, 0.05) is 23.5 Å². The van der Waals surface area contributed by atoms with Gasteiger partial charge in [-0.25, -0.2) is 4.98 Å². The topological polar surface area (TPSA) is 54.6 Å². The zero-order chi connectivity index (χ0) is 14.6. The second kappa shape index (κ2) is 6.57. The average Bonchev–Trinajstić information content (AvgIpc) is 2.42. The summed E-state index contributed by atoms with van der Waals surface area (Å²) in [5.74, 6) is -0.0438. The molecule has 0 saturated carbocycles. The van der Waals surface area contributed by atoms with Gasteiger partial charge >= 0.3 is 0 Å². The smallest absolute Gasteiger partial charge is 0.261 e. The molecule has 0 unspecified atom stereocenters. The maximum Gasteiger partial charge on any atom is 0.261 e. The average molecular weight is 283 g/mol. The normalized spacial score (nSPS) is 10.2. The lowest BCUT2D eigenvalue weighted by Gasteiger charge is -2.08. The monoisotopic (exact) mass is 282 g/mol. The summed E-state index contributed by atoms with van der Waals surface area (Å²) in [6, 6.07) is 0. The number of fused-ring (bicyclic) bond motifs is 1. The van der Waals surface area contributed by atoms with E-state index in [1.54, 1.807) is 6.92 Å². The molecule has 0 aliphatic carbocycles. The molecule has 0 spiro atoms. The third-order valence-electron chi connectivity index (χ3n) is 2.75. The van der Waals surface area contributed by atoms with Crippen molar-refractivity contribution in [3.05, 3.63) is 38.9 Å². The number of rotatable bonds is 2. The molecule has 4 nitrogen and oxygen atoms in total. The largest absolute Gasteiger partial charge is 0.504 e.